The van der Waals surface area contributed by atoms with Crippen molar-refractivity contribution in [2.24, 2.45) is 0 Å². The summed E-state index contributed by atoms with van der Waals surface area (Å²) in [7, 11) is 1.28. The van der Waals surface area contributed by atoms with Crippen LogP contribution in [0.5, 0.6) is 0 Å². The Morgan fingerprint density at radius 1 is 1.15 bits per heavy atom. The largest absolute Gasteiger partial charge is 0.466 e. The Bertz CT molecular complexity index is 1230. The average molecular weight is 552 g/mol. The molecule has 1 saturated heterocycles. The van der Waals surface area contributed by atoms with Crippen molar-refractivity contribution in [2.75, 3.05) is 33.3 Å². The fourth-order valence-corrected chi connectivity index (χ4v) is 5.70. The molecule has 10 nitrogen and oxygen atoms in total. The number of hydrogen-bond acceptors (Lipinski definition) is 7. The number of non-ortho nitro benzene ring substituents is 1. The minimum Gasteiger partial charge on any atom is -0.466 e. The molecule has 4 rings (SSSR count). The summed E-state index contributed by atoms with van der Waals surface area (Å²) in [6.07, 6.45) is 3.59. The maximum absolute atomic E-state index is 12.8. The van der Waals surface area contributed by atoms with Crippen LogP contribution in [0.2, 0.25) is 0 Å². The minimum atomic E-state index is -0.793. The lowest BCUT2D eigenvalue weighted by Crippen LogP contribution is -2.56. The van der Waals surface area contributed by atoms with E-state index in [-0.39, 0.29) is 16.4 Å². The number of likely N-dealkylation sites (tertiary alicyclic amines) is 1. The fourth-order valence-electron chi connectivity index (χ4n) is 5.34. The molecule has 0 spiro atoms. The lowest BCUT2D eigenvalue weighted by atomic mass is 9.89. The molecule has 1 atom stereocenters. The first-order valence-corrected chi connectivity index (χ1v) is 13.4. The van der Waals surface area contributed by atoms with Crippen molar-refractivity contribution < 1.29 is 19.2 Å². The zero-order chi connectivity index (χ0) is 27.9. The van der Waals surface area contributed by atoms with E-state index in [0.29, 0.717) is 36.6 Å². The van der Waals surface area contributed by atoms with E-state index in [1.807, 2.05) is 6.07 Å². The van der Waals surface area contributed by atoms with Gasteiger partial charge in [-0.1, -0.05) is 30.3 Å². The van der Waals surface area contributed by atoms with Gasteiger partial charge in [0.2, 0.25) is 6.41 Å². The third kappa shape index (κ3) is 6.43. The number of thiocarbonyl (C=S) groups is 1. The van der Waals surface area contributed by atoms with Gasteiger partial charge in [0.25, 0.3) is 5.69 Å². The molecule has 2 aliphatic rings. The second kappa shape index (κ2) is 12.8. The molecule has 206 valence electrons. The molecule has 0 bridgehead atoms. The van der Waals surface area contributed by atoms with Gasteiger partial charge in [-0.3, -0.25) is 19.9 Å². The van der Waals surface area contributed by atoms with E-state index in [2.05, 4.69) is 34.5 Å². The normalized spacial score (nSPS) is 18.5. The number of benzene rings is 2. The van der Waals surface area contributed by atoms with E-state index in [0.717, 1.165) is 32.5 Å². The van der Waals surface area contributed by atoms with Gasteiger partial charge in [0.05, 0.1) is 17.6 Å². The Hall–Kier alpha value is -3.83. The van der Waals surface area contributed by atoms with E-state index in [1.165, 1.54) is 29.8 Å². The number of nitro groups is 1. The molecule has 11 heteroatoms. The number of amides is 1. The van der Waals surface area contributed by atoms with Crippen LogP contribution in [-0.2, 0) is 14.3 Å². The second-order valence-electron chi connectivity index (χ2n) is 9.70. The number of hydrogen-bond donors (Lipinski definition) is 1. The van der Waals surface area contributed by atoms with E-state index >= 15 is 0 Å². The monoisotopic (exact) mass is 551 g/mol. The van der Waals surface area contributed by atoms with Crippen LogP contribution in [0.25, 0.3) is 0 Å². The van der Waals surface area contributed by atoms with Crippen molar-refractivity contribution in [3.63, 3.8) is 0 Å². The van der Waals surface area contributed by atoms with Gasteiger partial charge in [0, 0.05) is 24.4 Å². The zero-order valence-electron chi connectivity index (χ0n) is 22.1. The van der Waals surface area contributed by atoms with Crippen molar-refractivity contribution in [3.05, 3.63) is 87.1 Å². The highest BCUT2D eigenvalue weighted by molar-refractivity contribution is 7.80. The number of methoxy groups -OCH3 is 1. The van der Waals surface area contributed by atoms with Gasteiger partial charge in [-0.2, -0.15) is 0 Å². The number of carbonyl (C=O) groups excluding carboxylic acids is 2. The van der Waals surface area contributed by atoms with Crippen molar-refractivity contribution in [1.29, 1.82) is 0 Å². The summed E-state index contributed by atoms with van der Waals surface area (Å²) in [6.45, 7) is 4.88. The Morgan fingerprint density at radius 3 is 2.41 bits per heavy atom. The summed E-state index contributed by atoms with van der Waals surface area (Å²) in [5, 5.41) is 17.5. The van der Waals surface area contributed by atoms with Gasteiger partial charge < -0.3 is 15.0 Å². The van der Waals surface area contributed by atoms with Crippen LogP contribution >= 0.6 is 12.2 Å². The standard InChI is InChI=1S/C28H33N5O5S/c1-20-25(27(35)38-2)26(23-9-11-24(12-10-23)33(36)37)32(28(39)29-20)31(19-34)16-6-15-30-17-13-22(14-18-30)21-7-4-3-5-8-21/h3-5,7-12,19,22,26H,6,13-18H2,1-2H3,(H,29,39). The summed E-state index contributed by atoms with van der Waals surface area (Å²) >= 11 is 5.61. The number of piperidine rings is 1. The minimum absolute atomic E-state index is 0.0783. The van der Waals surface area contributed by atoms with Crippen LogP contribution in [0.3, 0.4) is 0 Å². The van der Waals surface area contributed by atoms with E-state index in [9.17, 15) is 19.7 Å². The van der Waals surface area contributed by atoms with Gasteiger partial charge in [-0.25, -0.2) is 9.80 Å². The smallest absolute Gasteiger partial charge is 0.338 e. The SMILES string of the molecule is COC(=O)C1=C(C)NC(=S)N(N(C=O)CCCN2CCC(c3ccccc3)CC2)C1c1ccc([N+](=O)[O-])cc1. The van der Waals surface area contributed by atoms with E-state index < -0.39 is 16.9 Å². The summed E-state index contributed by atoms with van der Waals surface area (Å²) in [6, 6.07) is 15.7. The number of carbonyl (C=O) groups is 2. The first-order chi connectivity index (χ1) is 18.8. The molecule has 1 amide bonds. The predicted molar refractivity (Wildman–Crippen MR) is 150 cm³/mol. The number of hydrazine groups is 1. The maximum Gasteiger partial charge on any atom is 0.338 e. The van der Waals surface area contributed by atoms with Gasteiger partial charge in [-0.15, -0.1) is 0 Å². The molecule has 0 aliphatic carbocycles. The molecule has 1 fully saturated rings. The van der Waals surface area contributed by atoms with Crippen molar-refractivity contribution in [2.45, 2.75) is 38.1 Å². The number of esters is 1. The molecule has 0 aromatic heterocycles. The van der Waals surface area contributed by atoms with Crippen LogP contribution in [-0.4, -0.2) is 70.6 Å². The molecule has 39 heavy (non-hydrogen) atoms. The number of nitro benzene ring substituents is 1. The summed E-state index contributed by atoms with van der Waals surface area (Å²) in [4.78, 5) is 38.3. The van der Waals surface area contributed by atoms with Crippen LogP contribution in [0.4, 0.5) is 5.69 Å². The fraction of sp³-hybridized carbons (Fsp3) is 0.393. The van der Waals surface area contributed by atoms with Gasteiger partial charge in [0.1, 0.15) is 6.04 Å². The summed E-state index contributed by atoms with van der Waals surface area (Å²) < 4.78 is 5.04. The third-order valence-corrected chi connectivity index (χ3v) is 7.66. The van der Waals surface area contributed by atoms with Gasteiger partial charge in [0.15, 0.2) is 5.11 Å². The van der Waals surface area contributed by atoms with Gasteiger partial charge in [-0.05, 0) is 87.2 Å². The van der Waals surface area contributed by atoms with Crippen molar-refractivity contribution >= 4 is 35.4 Å². The van der Waals surface area contributed by atoms with E-state index in [1.54, 1.807) is 24.1 Å². The number of nitrogens with zero attached hydrogens (tertiary/aromatic N) is 4. The van der Waals surface area contributed by atoms with Crippen molar-refractivity contribution in [1.82, 2.24) is 20.2 Å². The van der Waals surface area contributed by atoms with Crippen LogP contribution < -0.4 is 5.32 Å². The van der Waals surface area contributed by atoms with Gasteiger partial charge >= 0.3 is 5.97 Å². The molecule has 2 aliphatic heterocycles. The summed E-state index contributed by atoms with van der Waals surface area (Å²) in [5.74, 6) is -0.0112. The Balaban J connectivity index is 1.48. The van der Waals surface area contributed by atoms with Crippen LogP contribution in [0.1, 0.15) is 49.3 Å². The molecule has 1 N–H and O–H groups in total. The first kappa shape index (κ1) is 28.2. The number of rotatable bonds is 10. The Labute approximate surface area is 233 Å². The van der Waals surface area contributed by atoms with Crippen molar-refractivity contribution in [3.8, 4) is 0 Å². The predicted octanol–water partition coefficient (Wildman–Crippen LogP) is 3.92. The zero-order valence-corrected chi connectivity index (χ0v) is 22.9. The molecular weight excluding hydrogens is 518 g/mol. The number of ether oxygens (including phenoxy) is 1. The van der Waals surface area contributed by atoms with Crippen LogP contribution in [0, 0.1) is 10.1 Å². The highest BCUT2D eigenvalue weighted by Crippen LogP contribution is 2.36. The Kier molecular flexibility index (Phi) is 9.26. The molecule has 2 aromatic carbocycles. The topological polar surface area (TPSA) is 108 Å². The number of nitrogens with one attached hydrogen (secondary N) is 1. The highest BCUT2D eigenvalue weighted by Gasteiger charge is 2.39. The third-order valence-electron chi connectivity index (χ3n) is 7.37. The molecule has 0 saturated carbocycles. The Morgan fingerprint density at radius 2 is 1.82 bits per heavy atom. The molecule has 2 aromatic rings. The molecule has 1 unspecified atom stereocenters. The lowest BCUT2D eigenvalue weighted by molar-refractivity contribution is -0.384. The lowest BCUT2D eigenvalue weighted by Gasteiger charge is -2.44. The molecule has 2 heterocycles. The van der Waals surface area contributed by atoms with Crippen LogP contribution in [0.15, 0.2) is 65.9 Å². The quantitative estimate of drug-likeness (QED) is 0.155. The highest BCUT2D eigenvalue weighted by atomic mass is 32.1. The van der Waals surface area contributed by atoms with E-state index in [4.69, 9.17) is 17.0 Å². The molecule has 0 radical (unpaired) electrons. The second-order valence-corrected chi connectivity index (χ2v) is 10.1. The average Bonchev–Trinajstić information content (AvgIpc) is 2.96. The number of allylic oxidation sites excluding steroid dienone is 1. The maximum atomic E-state index is 12.8. The first-order valence-electron chi connectivity index (χ1n) is 13.0. The summed E-state index contributed by atoms with van der Waals surface area (Å²) in [5.41, 5.74) is 2.65. The molecular formula is C28H33N5O5S.